The lowest BCUT2D eigenvalue weighted by Crippen LogP contribution is -2.39. The van der Waals surface area contributed by atoms with Gasteiger partial charge in [0, 0.05) is 22.5 Å². The minimum atomic E-state index is 0.193. The van der Waals surface area contributed by atoms with E-state index in [1.54, 1.807) is 22.7 Å². The molecule has 96 valence electrons. The molecular weight excluding hydrogens is 264 g/mol. The van der Waals surface area contributed by atoms with Crippen LogP contribution in [0.15, 0.2) is 17.5 Å². The molecule has 0 unspecified atom stereocenters. The lowest BCUT2D eigenvalue weighted by molar-refractivity contribution is 0.0698. The van der Waals surface area contributed by atoms with Gasteiger partial charge in [0.05, 0.1) is 4.88 Å². The third-order valence-corrected chi connectivity index (χ3v) is 5.67. The van der Waals surface area contributed by atoms with Crippen molar-refractivity contribution in [2.24, 2.45) is 11.7 Å². The molecule has 2 aromatic heterocycles. The predicted octanol–water partition coefficient (Wildman–Crippen LogP) is 2.77. The van der Waals surface area contributed by atoms with E-state index < -0.39 is 0 Å². The lowest BCUT2D eigenvalue weighted by Gasteiger charge is -2.31. The molecule has 5 heteroatoms. The molecule has 3 nitrogen and oxygen atoms in total. The highest BCUT2D eigenvalue weighted by atomic mass is 32.1. The zero-order chi connectivity index (χ0) is 12.5. The zero-order valence-corrected chi connectivity index (χ0v) is 11.7. The minimum Gasteiger partial charge on any atom is -0.338 e. The van der Waals surface area contributed by atoms with E-state index in [2.05, 4.69) is 11.4 Å². The Hall–Kier alpha value is -0.910. The molecule has 0 aromatic carbocycles. The van der Waals surface area contributed by atoms with Gasteiger partial charge in [0.15, 0.2) is 0 Å². The van der Waals surface area contributed by atoms with Gasteiger partial charge in [-0.05, 0) is 42.8 Å². The predicted molar refractivity (Wildman–Crippen MR) is 77.4 cm³/mol. The van der Waals surface area contributed by atoms with Crippen molar-refractivity contribution in [1.29, 1.82) is 0 Å². The number of carbonyl (C=O) groups excluding carboxylic acids is 1. The van der Waals surface area contributed by atoms with Gasteiger partial charge in [-0.1, -0.05) is 0 Å². The van der Waals surface area contributed by atoms with Gasteiger partial charge < -0.3 is 10.6 Å². The summed E-state index contributed by atoms with van der Waals surface area (Å²) in [5, 5.41) is 2.07. The summed E-state index contributed by atoms with van der Waals surface area (Å²) in [6, 6.07) is 4.12. The smallest absolute Gasteiger partial charge is 0.263 e. The largest absolute Gasteiger partial charge is 0.338 e. The van der Waals surface area contributed by atoms with Crippen LogP contribution in [0.1, 0.15) is 22.5 Å². The van der Waals surface area contributed by atoms with Gasteiger partial charge in [-0.25, -0.2) is 0 Å². The monoisotopic (exact) mass is 280 g/mol. The molecule has 18 heavy (non-hydrogen) atoms. The first-order chi connectivity index (χ1) is 8.78. The Kier molecular flexibility index (Phi) is 3.37. The van der Waals surface area contributed by atoms with Gasteiger partial charge >= 0.3 is 0 Å². The SMILES string of the molecule is NCC1CCN(C(=O)c2cc3sccc3s2)CC1. The summed E-state index contributed by atoms with van der Waals surface area (Å²) in [5.74, 6) is 0.791. The number of carbonyl (C=O) groups is 1. The summed E-state index contributed by atoms with van der Waals surface area (Å²) < 4.78 is 2.44. The molecule has 3 heterocycles. The number of hydrogen-bond donors (Lipinski definition) is 1. The summed E-state index contributed by atoms with van der Waals surface area (Å²) in [5.41, 5.74) is 5.67. The van der Waals surface area contributed by atoms with Crippen LogP contribution >= 0.6 is 22.7 Å². The van der Waals surface area contributed by atoms with E-state index in [4.69, 9.17) is 5.73 Å². The molecule has 1 amide bonds. The molecule has 2 N–H and O–H groups in total. The number of nitrogens with zero attached hydrogens (tertiary/aromatic N) is 1. The first-order valence-electron chi connectivity index (χ1n) is 6.24. The van der Waals surface area contributed by atoms with Gasteiger partial charge in [0.1, 0.15) is 0 Å². The number of thiophene rings is 2. The average Bonchev–Trinajstić information content (AvgIpc) is 2.99. The third-order valence-electron chi connectivity index (χ3n) is 3.59. The second-order valence-corrected chi connectivity index (χ2v) is 6.76. The van der Waals surface area contributed by atoms with Crippen LogP contribution in [-0.4, -0.2) is 30.4 Å². The van der Waals surface area contributed by atoms with E-state index in [1.165, 1.54) is 9.40 Å². The van der Waals surface area contributed by atoms with E-state index in [0.717, 1.165) is 37.4 Å². The standard InChI is InChI=1S/C13H16N2OS2/c14-8-9-1-4-15(5-2-9)13(16)12-7-11-10(18-12)3-6-17-11/h3,6-7,9H,1-2,4-5,8,14H2. The van der Waals surface area contributed by atoms with Crippen molar-refractivity contribution in [2.45, 2.75) is 12.8 Å². The zero-order valence-electron chi connectivity index (χ0n) is 10.1. The Bertz CT molecular complexity index is 524. The molecule has 0 atom stereocenters. The number of nitrogens with two attached hydrogens (primary N) is 1. The summed E-state index contributed by atoms with van der Waals surface area (Å²) in [4.78, 5) is 15.2. The second kappa shape index (κ2) is 4.99. The van der Waals surface area contributed by atoms with Crippen molar-refractivity contribution in [1.82, 2.24) is 4.90 Å². The number of amides is 1. The van der Waals surface area contributed by atoms with E-state index in [-0.39, 0.29) is 5.91 Å². The Morgan fingerprint density at radius 1 is 1.39 bits per heavy atom. The van der Waals surface area contributed by atoms with Crippen LogP contribution in [0.25, 0.3) is 9.40 Å². The van der Waals surface area contributed by atoms with Gasteiger partial charge in [0.2, 0.25) is 0 Å². The van der Waals surface area contributed by atoms with Crippen molar-refractivity contribution in [3.8, 4) is 0 Å². The first-order valence-corrected chi connectivity index (χ1v) is 7.94. The number of hydrogen-bond acceptors (Lipinski definition) is 4. The number of fused-ring (bicyclic) bond motifs is 1. The van der Waals surface area contributed by atoms with Crippen molar-refractivity contribution in [2.75, 3.05) is 19.6 Å². The lowest BCUT2D eigenvalue weighted by atomic mass is 9.97. The van der Waals surface area contributed by atoms with Crippen LogP contribution < -0.4 is 5.73 Å². The fourth-order valence-corrected chi connectivity index (χ4v) is 4.48. The van der Waals surface area contributed by atoms with Crippen LogP contribution in [0.4, 0.5) is 0 Å². The van der Waals surface area contributed by atoms with Crippen LogP contribution in [0.5, 0.6) is 0 Å². The molecule has 0 bridgehead atoms. The minimum absolute atomic E-state index is 0.193. The van der Waals surface area contributed by atoms with E-state index in [0.29, 0.717) is 5.92 Å². The number of likely N-dealkylation sites (tertiary alicyclic amines) is 1. The maximum atomic E-state index is 12.4. The van der Waals surface area contributed by atoms with Crippen LogP contribution in [-0.2, 0) is 0 Å². The van der Waals surface area contributed by atoms with Crippen LogP contribution in [0.2, 0.25) is 0 Å². The molecule has 1 aliphatic heterocycles. The molecular formula is C13H16N2OS2. The highest BCUT2D eigenvalue weighted by Crippen LogP contribution is 2.31. The maximum absolute atomic E-state index is 12.4. The van der Waals surface area contributed by atoms with Gasteiger partial charge in [-0.15, -0.1) is 22.7 Å². The van der Waals surface area contributed by atoms with Crippen molar-refractivity contribution in [3.05, 3.63) is 22.4 Å². The number of piperidine rings is 1. The molecule has 2 aromatic rings. The van der Waals surface area contributed by atoms with Crippen LogP contribution in [0, 0.1) is 5.92 Å². The molecule has 1 fully saturated rings. The van der Waals surface area contributed by atoms with E-state index >= 15 is 0 Å². The van der Waals surface area contributed by atoms with Gasteiger partial charge in [-0.2, -0.15) is 0 Å². The molecule has 0 aliphatic carbocycles. The molecule has 1 aliphatic rings. The molecule has 3 rings (SSSR count). The molecule has 1 saturated heterocycles. The highest BCUT2D eigenvalue weighted by Gasteiger charge is 2.24. The maximum Gasteiger partial charge on any atom is 0.263 e. The summed E-state index contributed by atoms with van der Waals surface area (Å²) >= 11 is 3.31. The van der Waals surface area contributed by atoms with Gasteiger partial charge in [-0.3, -0.25) is 4.79 Å². The quantitative estimate of drug-likeness (QED) is 0.919. The summed E-state index contributed by atoms with van der Waals surface area (Å²) in [6.45, 7) is 2.45. The van der Waals surface area contributed by atoms with Gasteiger partial charge in [0.25, 0.3) is 5.91 Å². The van der Waals surface area contributed by atoms with E-state index in [1.807, 2.05) is 11.0 Å². The molecule has 0 radical (unpaired) electrons. The average molecular weight is 280 g/mol. The topological polar surface area (TPSA) is 46.3 Å². The molecule has 0 spiro atoms. The van der Waals surface area contributed by atoms with Crippen molar-refractivity contribution >= 4 is 38.0 Å². The Labute approximate surface area is 114 Å². The van der Waals surface area contributed by atoms with Crippen molar-refractivity contribution < 1.29 is 4.79 Å². The highest BCUT2D eigenvalue weighted by molar-refractivity contribution is 7.27. The molecule has 0 saturated carbocycles. The fourth-order valence-electron chi connectivity index (χ4n) is 2.40. The summed E-state index contributed by atoms with van der Waals surface area (Å²) in [7, 11) is 0. The van der Waals surface area contributed by atoms with Crippen LogP contribution in [0.3, 0.4) is 0 Å². The van der Waals surface area contributed by atoms with Crippen molar-refractivity contribution in [3.63, 3.8) is 0 Å². The summed E-state index contributed by atoms with van der Waals surface area (Å²) in [6.07, 6.45) is 2.09. The van der Waals surface area contributed by atoms with E-state index in [9.17, 15) is 4.79 Å². The number of rotatable bonds is 2. The fraction of sp³-hybridized carbons (Fsp3) is 0.462. The Morgan fingerprint density at radius 3 is 2.83 bits per heavy atom. The third kappa shape index (κ3) is 2.18. The first kappa shape index (κ1) is 12.1. The normalized spacial score (nSPS) is 17.5. The Balaban J connectivity index is 1.73. The second-order valence-electron chi connectivity index (χ2n) is 4.73. The Morgan fingerprint density at radius 2 is 2.17 bits per heavy atom.